The molecule has 1 atom stereocenters. The van der Waals surface area contributed by atoms with Crippen LogP contribution in [0.5, 0.6) is 0 Å². The molecule has 5 nitrogen and oxygen atoms in total. The summed E-state index contributed by atoms with van der Waals surface area (Å²) >= 11 is -0.180. The molecule has 1 aromatic carbocycles. The van der Waals surface area contributed by atoms with Crippen molar-refractivity contribution in [1.82, 2.24) is 9.55 Å². The fraction of sp³-hybridized carbons (Fsp3) is 0.353. The minimum absolute atomic E-state index is 0.0852. The Bertz CT molecular complexity index is 890. The maximum absolute atomic E-state index is 12.5. The number of nitrogens with zero attached hydrogens (tertiary/aromatic N) is 2. The van der Waals surface area contributed by atoms with E-state index in [4.69, 9.17) is 5.73 Å². The van der Waals surface area contributed by atoms with Crippen LogP contribution in [0.1, 0.15) is 40.8 Å². The average molecular weight is 383 g/mol. The lowest BCUT2D eigenvalue weighted by Crippen LogP contribution is -2.31. The molecule has 9 heteroatoms. The standard InChI is InChI=1S/C17H16F3N3O2S/c1-9-22-13(16(21)25)8-14(24)23(9)15(10-2-3-10)11-4-6-12(7-5-11)26-17(18,19)20/h4-8,10,15H,2-3H2,1H3,(H2,21,25)/t15-/m1/s1. The number of carbonyl (C=O) groups is 1. The van der Waals surface area contributed by atoms with Crippen LogP contribution in [0.25, 0.3) is 0 Å². The molecular weight excluding hydrogens is 367 g/mol. The van der Waals surface area contributed by atoms with Crippen LogP contribution in [-0.2, 0) is 0 Å². The van der Waals surface area contributed by atoms with Crippen LogP contribution in [0, 0.1) is 12.8 Å². The topological polar surface area (TPSA) is 78.0 Å². The van der Waals surface area contributed by atoms with E-state index < -0.39 is 17.0 Å². The number of aromatic nitrogens is 2. The zero-order valence-electron chi connectivity index (χ0n) is 13.8. The fourth-order valence-corrected chi connectivity index (χ4v) is 3.52. The Balaban J connectivity index is 1.99. The number of hydrogen-bond acceptors (Lipinski definition) is 4. The molecule has 1 aliphatic carbocycles. The molecule has 1 fully saturated rings. The number of aryl methyl sites for hydroxylation is 1. The number of hydrogen-bond donors (Lipinski definition) is 1. The van der Waals surface area contributed by atoms with Crippen molar-refractivity contribution in [2.45, 2.75) is 36.2 Å². The van der Waals surface area contributed by atoms with Crippen molar-refractivity contribution in [3.8, 4) is 0 Å². The molecule has 3 rings (SSSR count). The molecule has 1 amide bonds. The van der Waals surface area contributed by atoms with E-state index in [9.17, 15) is 22.8 Å². The first-order valence-corrected chi connectivity index (χ1v) is 8.73. The summed E-state index contributed by atoms with van der Waals surface area (Å²) in [6.07, 6.45) is 1.82. The summed E-state index contributed by atoms with van der Waals surface area (Å²) in [7, 11) is 0. The quantitative estimate of drug-likeness (QED) is 0.804. The Hall–Kier alpha value is -2.29. The predicted molar refractivity (Wildman–Crippen MR) is 91.0 cm³/mol. The maximum Gasteiger partial charge on any atom is 0.446 e. The summed E-state index contributed by atoms with van der Waals surface area (Å²) in [6.45, 7) is 1.61. The molecular formula is C17H16F3N3O2S. The number of rotatable bonds is 5. The molecule has 0 saturated heterocycles. The van der Waals surface area contributed by atoms with Crippen LogP contribution in [0.2, 0.25) is 0 Å². The van der Waals surface area contributed by atoms with Crippen LogP contribution in [0.3, 0.4) is 0 Å². The molecule has 138 valence electrons. The summed E-state index contributed by atoms with van der Waals surface area (Å²) in [4.78, 5) is 28.0. The van der Waals surface area contributed by atoms with E-state index in [-0.39, 0.29) is 34.3 Å². The number of halogens is 3. The van der Waals surface area contributed by atoms with Gasteiger partial charge >= 0.3 is 5.51 Å². The largest absolute Gasteiger partial charge is 0.446 e. The van der Waals surface area contributed by atoms with Crippen LogP contribution >= 0.6 is 11.8 Å². The molecule has 1 heterocycles. The number of nitrogens with two attached hydrogens (primary N) is 1. The average Bonchev–Trinajstić information content (AvgIpc) is 3.34. The summed E-state index contributed by atoms with van der Waals surface area (Å²) < 4.78 is 38.9. The molecule has 1 aliphatic rings. The molecule has 1 saturated carbocycles. The first-order chi connectivity index (χ1) is 12.2. The SMILES string of the molecule is Cc1nc(C(N)=O)cc(=O)n1[C@@H](c1ccc(SC(F)(F)F)cc1)C1CC1. The summed E-state index contributed by atoms with van der Waals surface area (Å²) in [6, 6.07) is 6.76. The van der Waals surface area contributed by atoms with Gasteiger partial charge in [0.25, 0.3) is 11.5 Å². The highest BCUT2D eigenvalue weighted by Gasteiger charge is 2.35. The first kappa shape index (κ1) is 18.5. The van der Waals surface area contributed by atoms with Crippen molar-refractivity contribution in [1.29, 1.82) is 0 Å². The van der Waals surface area contributed by atoms with Gasteiger partial charge in [0.05, 0.1) is 6.04 Å². The lowest BCUT2D eigenvalue weighted by Gasteiger charge is -2.22. The molecule has 1 aromatic heterocycles. The van der Waals surface area contributed by atoms with Gasteiger partial charge in [-0.2, -0.15) is 13.2 Å². The Labute approximate surface area is 151 Å². The lowest BCUT2D eigenvalue weighted by molar-refractivity contribution is -0.0328. The molecule has 0 aliphatic heterocycles. The maximum atomic E-state index is 12.5. The first-order valence-electron chi connectivity index (χ1n) is 7.91. The zero-order valence-corrected chi connectivity index (χ0v) is 14.6. The zero-order chi connectivity index (χ0) is 19.1. The molecule has 0 spiro atoms. The number of thioether (sulfide) groups is 1. The number of benzene rings is 1. The normalized spacial score (nSPS) is 15.7. The van der Waals surface area contributed by atoms with E-state index in [1.165, 1.54) is 16.7 Å². The van der Waals surface area contributed by atoms with Gasteiger partial charge in [0.2, 0.25) is 0 Å². The van der Waals surface area contributed by atoms with Gasteiger partial charge in [0, 0.05) is 11.0 Å². The van der Waals surface area contributed by atoms with Crippen LogP contribution in [-0.4, -0.2) is 21.0 Å². The van der Waals surface area contributed by atoms with Crippen molar-refractivity contribution in [3.05, 3.63) is 57.8 Å². The number of primary amides is 1. The number of alkyl halides is 3. The summed E-state index contributed by atoms with van der Waals surface area (Å²) in [5.74, 6) is -0.237. The number of carbonyl (C=O) groups excluding carboxylic acids is 1. The van der Waals surface area contributed by atoms with Gasteiger partial charge in [-0.15, -0.1) is 0 Å². The minimum atomic E-state index is -4.35. The van der Waals surface area contributed by atoms with E-state index in [0.717, 1.165) is 24.5 Å². The number of amides is 1. The Morgan fingerprint density at radius 2 is 1.92 bits per heavy atom. The Kier molecular flexibility index (Phi) is 4.83. The van der Waals surface area contributed by atoms with E-state index in [0.29, 0.717) is 5.82 Å². The molecule has 2 aromatic rings. The summed E-state index contributed by atoms with van der Waals surface area (Å²) in [5.41, 5.74) is 1.06. The molecule has 0 unspecified atom stereocenters. The third-order valence-electron chi connectivity index (χ3n) is 4.18. The van der Waals surface area contributed by atoms with Gasteiger partial charge < -0.3 is 5.73 Å². The molecule has 0 bridgehead atoms. The van der Waals surface area contributed by atoms with Crippen molar-refractivity contribution in [3.63, 3.8) is 0 Å². The van der Waals surface area contributed by atoms with Gasteiger partial charge in [-0.1, -0.05) is 12.1 Å². The second-order valence-corrected chi connectivity index (χ2v) is 7.30. The highest BCUT2D eigenvalue weighted by atomic mass is 32.2. The van der Waals surface area contributed by atoms with E-state index in [1.807, 2.05) is 0 Å². The van der Waals surface area contributed by atoms with Gasteiger partial charge in [-0.3, -0.25) is 14.2 Å². The lowest BCUT2D eigenvalue weighted by atomic mass is 10.0. The second-order valence-electron chi connectivity index (χ2n) is 6.16. The third kappa shape index (κ3) is 4.09. The monoisotopic (exact) mass is 383 g/mol. The smallest absolute Gasteiger partial charge is 0.364 e. The van der Waals surface area contributed by atoms with Gasteiger partial charge in [-0.05, 0) is 55.1 Å². The fourth-order valence-electron chi connectivity index (χ4n) is 2.98. The van der Waals surface area contributed by atoms with Crippen molar-refractivity contribution in [2.24, 2.45) is 11.7 Å². The van der Waals surface area contributed by atoms with E-state index >= 15 is 0 Å². The van der Waals surface area contributed by atoms with Gasteiger partial charge in [0.15, 0.2) is 0 Å². The molecule has 2 N–H and O–H groups in total. The van der Waals surface area contributed by atoms with Crippen molar-refractivity contribution >= 4 is 17.7 Å². The van der Waals surface area contributed by atoms with Gasteiger partial charge in [-0.25, -0.2) is 4.98 Å². The van der Waals surface area contributed by atoms with Crippen LogP contribution in [0.15, 0.2) is 40.0 Å². The molecule has 0 radical (unpaired) electrons. The van der Waals surface area contributed by atoms with E-state index in [1.54, 1.807) is 19.1 Å². The third-order valence-corrected chi connectivity index (χ3v) is 4.92. The highest BCUT2D eigenvalue weighted by molar-refractivity contribution is 8.00. The van der Waals surface area contributed by atoms with Crippen LogP contribution < -0.4 is 11.3 Å². The van der Waals surface area contributed by atoms with Gasteiger partial charge in [0.1, 0.15) is 11.5 Å². The van der Waals surface area contributed by atoms with Crippen LogP contribution in [0.4, 0.5) is 13.2 Å². The minimum Gasteiger partial charge on any atom is -0.364 e. The molecule has 26 heavy (non-hydrogen) atoms. The van der Waals surface area contributed by atoms with E-state index in [2.05, 4.69) is 4.98 Å². The van der Waals surface area contributed by atoms with Crippen molar-refractivity contribution in [2.75, 3.05) is 0 Å². The highest BCUT2D eigenvalue weighted by Crippen LogP contribution is 2.44. The second kappa shape index (κ2) is 6.79. The summed E-state index contributed by atoms with van der Waals surface area (Å²) in [5, 5.41) is 0. The Morgan fingerprint density at radius 1 is 1.31 bits per heavy atom. The Morgan fingerprint density at radius 3 is 2.38 bits per heavy atom. The predicted octanol–water partition coefficient (Wildman–Crippen LogP) is 3.26. The van der Waals surface area contributed by atoms with Crippen molar-refractivity contribution < 1.29 is 18.0 Å².